The highest BCUT2D eigenvalue weighted by Crippen LogP contribution is 2.40. The van der Waals surface area contributed by atoms with Gasteiger partial charge < -0.3 is 9.84 Å². The predicted molar refractivity (Wildman–Crippen MR) is 70.1 cm³/mol. The molecule has 0 aliphatic carbocycles. The molecule has 3 nitrogen and oxygen atoms in total. The van der Waals surface area contributed by atoms with Crippen LogP contribution in [0.25, 0.3) is 0 Å². The Balaban J connectivity index is 2.51. The van der Waals surface area contributed by atoms with E-state index in [1.165, 1.54) is 5.56 Å². The standard InChI is InChI=1S/C15H20O3/c1-14(2,3)11-6-5-7-12-10(11)8-15(4,9-18-12)13(16)17/h5-7H,8-9H2,1-4H3,(H,16,17). The number of carbonyl (C=O) groups is 1. The van der Waals surface area contributed by atoms with E-state index in [1.54, 1.807) is 6.92 Å². The number of ether oxygens (including phenoxy) is 1. The Morgan fingerprint density at radius 3 is 2.61 bits per heavy atom. The highest BCUT2D eigenvalue weighted by atomic mass is 16.5. The number of carboxylic acids is 1. The van der Waals surface area contributed by atoms with Gasteiger partial charge in [-0.1, -0.05) is 32.9 Å². The van der Waals surface area contributed by atoms with Crippen LogP contribution in [0.2, 0.25) is 0 Å². The molecule has 1 N–H and O–H groups in total. The molecule has 3 heteroatoms. The summed E-state index contributed by atoms with van der Waals surface area (Å²) in [5, 5.41) is 9.34. The normalized spacial score (nSPS) is 23.1. The first kappa shape index (κ1) is 12.9. The molecule has 0 amide bonds. The van der Waals surface area contributed by atoms with Crippen molar-refractivity contribution in [1.29, 1.82) is 0 Å². The lowest BCUT2D eigenvalue weighted by Crippen LogP contribution is -2.40. The van der Waals surface area contributed by atoms with Crippen molar-refractivity contribution in [3.05, 3.63) is 29.3 Å². The molecule has 1 unspecified atom stereocenters. The maximum absolute atomic E-state index is 11.4. The second-order valence-electron chi connectivity index (χ2n) is 6.36. The van der Waals surface area contributed by atoms with Gasteiger partial charge in [0.05, 0.1) is 0 Å². The largest absolute Gasteiger partial charge is 0.492 e. The highest BCUT2D eigenvalue weighted by molar-refractivity contribution is 5.75. The van der Waals surface area contributed by atoms with Gasteiger partial charge in [-0.3, -0.25) is 4.79 Å². The van der Waals surface area contributed by atoms with Crippen LogP contribution in [0.4, 0.5) is 0 Å². The fourth-order valence-corrected chi connectivity index (χ4v) is 2.40. The summed E-state index contributed by atoms with van der Waals surface area (Å²) in [6.45, 7) is 8.39. The molecular weight excluding hydrogens is 228 g/mol. The molecule has 18 heavy (non-hydrogen) atoms. The van der Waals surface area contributed by atoms with Crippen LogP contribution >= 0.6 is 0 Å². The number of carboxylic acid groups (broad SMARTS) is 1. The van der Waals surface area contributed by atoms with Crippen molar-refractivity contribution in [1.82, 2.24) is 0 Å². The fourth-order valence-electron chi connectivity index (χ4n) is 2.40. The molecule has 98 valence electrons. The van der Waals surface area contributed by atoms with Crippen molar-refractivity contribution in [3.63, 3.8) is 0 Å². The zero-order valence-electron chi connectivity index (χ0n) is 11.4. The topological polar surface area (TPSA) is 46.5 Å². The molecule has 1 aromatic rings. The van der Waals surface area contributed by atoms with Gasteiger partial charge in [-0.2, -0.15) is 0 Å². The van der Waals surface area contributed by atoms with Crippen LogP contribution < -0.4 is 4.74 Å². The molecule has 1 heterocycles. The summed E-state index contributed by atoms with van der Waals surface area (Å²) in [7, 11) is 0. The van der Waals surface area contributed by atoms with Crippen molar-refractivity contribution >= 4 is 5.97 Å². The van der Waals surface area contributed by atoms with Gasteiger partial charge in [0.2, 0.25) is 0 Å². The molecule has 1 aliphatic rings. The Hall–Kier alpha value is -1.51. The molecule has 2 rings (SSSR count). The van der Waals surface area contributed by atoms with E-state index in [9.17, 15) is 9.90 Å². The molecule has 0 saturated carbocycles. The van der Waals surface area contributed by atoms with Gasteiger partial charge in [-0.05, 0) is 36.0 Å². The van der Waals surface area contributed by atoms with Crippen LogP contribution in [-0.4, -0.2) is 17.7 Å². The van der Waals surface area contributed by atoms with E-state index in [-0.39, 0.29) is 12.0 Å². The van der Waals surface area contributed by atoms with Gasteiger partial charge in [-0.15, -0.1) is 0 Å². The molecule has 0 aromatic heterocycles. The predicted octanol–water partition coefficient (Wildman–Crippen LogP) is 3.01. The van der Waals surface area contributed by atoms with Crippen LogP contribution in [0.15, 0.2) is 18.2 Å². The summed E-state index contributed by atoms with van der Waals surface area (Å²) in [6, 6.07) is 5.96. The van der Waals surface area contributed by atoms with Crippen molar-refractivity contribution in [2.24, 2.45) is 5.41 Å². The number of fused-ring (bicyclic) bond motifs is 1. The maximum atomic E-state index is 11.4. The maximum Gasteiger partial charge on any atom is 0.313 e. The number of rotatable bonds is 1. The van der Waals surface area contributed by atoms with E-state index in [4.69, 9.17) is 4.74 Å². The Bertz CT molecular complexity index is 485. The lowest BCUT2D eigenvalue weighted by Gasteiger charge is -2.35. The van der Waals surface area contributed by atoms with Crippen LogP contribution in [-0.2, 0) is 16.6 Å². The van der Waals surface area contributed by atoms with Gasteiger partial charge in [-0.25, -0.2) is 0 Å². The van der Waals surface area contributed by atoms with E-state index in [1.807, 2.05) is 12.1 Å². The average molecular weight is 248 g/mol. The smallest absolute Gasteiger partial charge is 0.313 e. The van der Waals surface area contributed by atoms with E-state index >= 15 is 0 Å². The third kappa shape index (κ3) is 2.09. The van der Waals surface area contributed by atoms with E-state index in [2.05, 4.69) is 26.8 Å². The fraction of sp³-hybridized carbons (Fsp3) is 0.533. The molecule has 0 fully saturated rings. The lowest BCUT2D eigenvalue weighted by atomic mass is 9.75. The first-order valence-electron chi connectivity index (χ1n) is 6.23. The zero-order valence-corrected chi connectivity index (χ0v) is 11.4. The van der Waals surface area contributed by atoms with Gasteiger partial charge in [0.1, 0.15) is 17.8 Å². The number of aliphatic carboxylic acids is 1. The summed E-state index contributed by atoms with van der Waals surface area (Å²) in [6.07, 6.45) is 0.533. The molecular formula is C15H20O3. The van der Waals surface area contributed by atoms with E-state index in [0.717, 1.165) is 11.3 Å². The molecule has 0 radical (unpaired) electrons. The number of benzene rings is 1. The van der Waals surface area contributed by atoms with Crippen LogP contribution in [0, 0.1) is 5.41 Å². The van der Waals surface area contributed by atoms with Crippen molar-refractivity contribution < 1.29 is 14.6 Å². The van der Waals surface area contributed by atoms with Crippen molar-refractivity contribution in [2.75, 3.05) is 6.61 Å². The van der Waals surface area contributed by atoms with Gasteiger partial charge >= 0.3 is 5.97 Å². The molecule has 0 saturated heterocycles. The summed E-state index contributed by atoms with van der Waals surface area (Å²) < 4.78 is 5.66. The highest BCUT2D eigenvalue weighted by Gasteiger charge is 2.40. The van der Waals surface area contributed by atoms with Crippen molar-refractivity contribution in [3.8, 4) is 5.75 Å². The van der Waals surface area contributed by atoms with E-state index < -0.39 is 11.4 Å². The number of hydrogen-bond acceptors (Lipinski definition) is 2. The summed E-state index contributed by atoms with van der Waals surface area (Å²) in [4.78, 5) is 11.4. The SMILES string of the molecule is CC1(C(=O)O)COc2cccc(C(C)(C)C)c2C1. The van der Waals surface area contributed by atoms with Crippen LogP contribution in [0.5, 0.6) is 5.75 Å². The molecule has 1 aromatic carbocycles. The monoisotopic (exact) mass is 248 g/mol. The first-order chi connectivity index (χ1) is 8.24. The minimum Gasteiger partial charge on any atom is -0.492 e. The Morgan fingerprint density at radius 2 is 2.06 bits per heavy atom. The second-order valence-corrected chi connectivity index (χ2v) is 6.36. The van der Waals surface area contributed by atoms with Gasteiger partial charge in [0, 0.05) is 0 Å². The first-order valence-corrected chi connectivity index (χ1v) is 6.23. The van der Waals surface area contributed by atoms with Gasteiger partial charge in [0.15, 0.2) is 0 Å². The third-order valence-corrected chi connectivity index (χ3v) is 3.57. The minimum absolute atomic E-state index is 0.00848. The summed E-state index contributed by atoms with van der Waals surface area (Å²) in [5.41, 5.74) is 1.38. The zero-order chi connectivity index (χ0) is 13.6. The molecule has 0 spiro atoms. The van der Waals surface area contributed by atoms with Crippen molar-refractivity contribution in [2.45, 2.75) is 39.5 Å². The molecule has 1 aliphatic heterocycles. The lowest BCUT2D eigenvalue weighted by molar-refractivity contribution is -0.150. The van der Waals surface area contributed by atoms with Gasteiger partial charge in [0.25, 0.3) is 0 Å². The Labute approximate surface area is 108 Å². The minimum atomic E-state index is -0.825. The van der Waals surface area contributed by atoms with E-state index in [0.29, 0.717) is 6.42 Å². The third-order valence-electron chi connectivity index (χ3n) is 3.57. The summed E-state index contributed by atoms with van der Waals surface area (Å²) >= 11 is 0. The molecule has 0 bridgehead atoms. The molecule has 1 atom stereocenters. The Morgan fingerprint density at radius 1 is 1.39 bits per heavy atom. The quantitative estimate of drug-likeness (QED) is 0.831. The average Bonchev–Trinajstić information content (AvgIpc) is 2.26. The van der Waals surface area contributed by atoms with Crippen LogP contribution in [0.3, 0.4) is 0 Å². The second kappa shape index (κ2) is 4.01. The van der Waals surface area contributed by atoms with Crippen LogP contribution in [0.1, 0.15) is 38.8 Å². The Kier molecular flexibility index (Phi) is 2.88. The number of hydrogen-bond donors (Lipinski definition) is 1. The summed E-state index contributed by atoms with van der Waals surface area (Å²) in [5.74, 6) is 0.0398.